The van der Waals surface area contributed by atoms with Gasteiger partial charge in [-0.2, -0.15) is 0 Å². The normalized spacial score (nSPS) is 2.00. The maximum atomic E-state index is 8.50. The Kier molecular flexibility index (Phi) is 21.5. The van der Waals surface area contributed by atoms with Crippen LogP contribution in [-0.4, -0.2) is 10.1 Å². The molecular weight excluding hydrogens is 88.9 g/mol. The van der Waals surface area contributed by atoms with Crippen molar-refractivity contribution >= 4 is 10.1 Å². The third-order valence-corrected chi connectivity index (χ3v) is 0. The van der Waals surface area contributed by atoms with E-state index in [2.05, 4.69) is 0 Å². The molecule has 0 aromatic carbocycles. The summed E-state index contributed by atoms with van der Waals surface area (Å²) in [6, 6.07) is 0. The molecule has 0 aliphatic carbocycles. The van der Waals surface area contributed by atoms with E-state index < -0.39 is 19.1 Å². The number of hydrogen-bond donors (Lipinski definition) is 0. The molecule has 0 heterocycles. The minimum absolute atomic E-state index is 0. The first-order chi connectivity index (χ1) is 1.41. The molecule has 2 nitrogen and oxygen atoms in total. The van der Waals surface area contributed by atoms with E-state index in [1.54, 1.807) is 0 Å². The number of hydrogen-bond acceptors (Lipinski definition) is 2. The summed E-state index contributed by atoms with van der Waals surface area (Å²) < 4.78 is 17.0. The topological polar surface area (TPSA) is 34.1 Å². The molecule has 0 unspecified atom stereocenters. The monoisotopic (exact) mass is 91.0 g/mol. The van der Waals surface area contributed by atoms with Crippen molar-refractivity contribution in [1.82, 2.24) is 0 Å². The molecule has 0 atom stereocenters. The Bertz CT molecular complexity index is 27.0. The third-order valence-electron chi connectivity index (χ3n) is 0. The van der Waals surface area contributed by atoms with Crippen LogP contribution in [0.1, 0.15) is 0 Å². The fraction of sp³-hybridized carbons (Fsp3) is 0. The second-order valence-corrected chi connectivity index (χ2v) is 0.344. The van der Waals surface area contributed by atoms with Crippen LogP contribution in [0.4, 0.5) is 0 Å². The molecule has 0 spiro atoms. The predicted octanol–water partition coefficient (Wildman–Crippen LogP) is -1.16. The number of rotatable bonds is 0. The zero-order valence-corrected chi connectivity index (χ0v) is 2.88. The van der Waals surface area contributed by atoms with E-state index >= 15 is 0 Å². The van der Waals surface area contributed by atoms with E-state index in [0.717, 1.165) is 0 Å². The van der Waals surface area contributed by atoms with Gasteiger partial charge in [0.1, 0.15) is 0 Å². The van der Waals surface area contributed by atoms with Crippen LogP contribution in [0.25, 0.3) is 0 Å². The van der Waals surface area contributed by atoms with Gasteiger partial charge in [0.2, 0.25) is 0 Å². The molecule has 0 rings (SSSR count). The molecule has 0 bridgehead atoms. The summed E-state index contributed by atoms with van der Waals surface area (Å²) in [7, 11) is 0. The predicted molar refractivity (Wildman–Crippen MR) is 9.92 cm³/mol. The molecule has 0 aromatic heterocycles. The molecule has 0 saturated heterocycles. The molecule has 4 heteroatoms. The van der Waals surface area contributed by atoms with Crippen molar-refractivity contribution in [3.63, 3.8) is 0 Å². The summed E-state index contributed by atoms with van der Waals surface area (Å²) in [5, 5.41) is 0. The Morgan fingerprint density at radius 3 is 1.25 bits per heavy atom. The van der Waals surface area contributed by atoms with E-state index in [0.29, 0.717) is 0 Å². The Morgan fingerprint density at radius 2 is 1.25 bits per heavy atom. The van der Waals surface area contributed by atoms with E-state index in [4.69, 9.17) is 6.65 Å². The fourth-order valence-electron chi connectivity index (χ4n) is 0. The average molecular weight is 90.9 g/mol. The van der Waals surface area contributed by atoms with Crippen LogP contribution >= 0.6 is 0 Å². The molecule has 0 aliphatic heterocycles. The van der Waals surface area contributed by atoms with Gasteiger partial charge in [-0.15, -0.1) is 0 Å². The second-order valence-electron chi connectivity index (χ2n) is 0.0833. The zero-order chi connectivity index (χ0) is 2.71. The summed E-state index contributed by atoms with van der Waals surface area (Å²) >= 11 is -2.00. The van der Waals surface area contributed by atoms with Crippen molar-refractivity contribution in [2.45, 2.75) is 0 Å². The second kappa shape index (κ2) is 9.76. The van der Waals surface area contributed by atoms with E-state index in [-0.39, 0.29) is 10.1 Å². The molecule has 4 heavy (non-hydrogen) atoms. The van der Waals surface area contributed by atoms with Crippen LogP contribution in [0.5, 0.6) is 0 Å². The zero-order valence-electron chi connectivity index (χ0n) is 1.32. The standard InChI is InChI=1S/Be.2O.Ti.2H. The van der Waals surface area contributed by atoms with Gasteiger partial charge in [0, 0.05) is 0 Å². The van der Waals surface area contributed by atoms with Gasteiger partial charge in [0.05, 0.1) is 0 Å². The van der Waals surface area contributed by atoms with E-state index in [1.807, 2.05) is 0 Å². The van der Waals surface area contributed by atoms with Crippen molar-refractivity contribution in [2.75, 3.05) is 0 Å². The first-order valence-electron chi connectivity index (χ1n) is 0.408. The van der Waals surface area contributed by atoms with E-state index in [9.17, 15) is 0 Å². The van der Waals surface area contributed by atoms with Crippen LogP contribution in [0.15, 0.2) is 0 Å². The summed E-state index contributed by atoms with van der Waals surface area (Å²) in [4.78, 5) is 0. The fourth-order valence-corrected chi connectivity index (χ4v) is 0. The molecule has 0 aromatic rings. The molecule has 0 aliphatic rings. The Balaban J connectivity index is 0. The van der Waals surface area contributed by atoms with Gasteiger partial charge >= 0.3 is 35.9 Å². The molecule has 0 saturated carbocycles. The van der Waals surface area contributed by atoms with Crippen molar-refractivity contribution in [3.05, 3.63) is 0 Å². The quantitative estimate of drug-likeness (QED) is 0.352. The van der Waals surface area contributed by atoms with Gasteiger partial charge in [-0.25, -0.2) is 0 Å². The van der Waals surface area contributed by atoms with Gasteiger partial charge in [-0.3, -0.25) is 0 Å². The molecule has 0 radical (unpaired) electrons. The van der Waals surface area contributed by atoms with Gasteiger partial charge in [-0.1, -0.05) is 0 Å². The van der Waals surface area contributed by atoms with Crippen LogP contribution < -0.4 is 0 Å². The van der Waals surface area contributed by atoms with Crippen molar-refractivity contribution < 1.29 is 25.7 Å². The van der Waals surface area contributed by atoms with Crippen LogP contribution in [0, 0.1) is 0 Å². The third kappa shape index (κ3) is 23.4. The van der Waals surface area contributed by atoms with Gasteiger partial charge < -0.3 is 0 Å². The first kappa shape index (κ1) is 8.82. The minimum atomic E-state index is -2.00. The molecule has 0 fully saturated rings. The van der Waals surface area contributed by atoms with Crippen LogP contribution in [-0.2, 0) is 25.7 Å². The van der Waals surface area contributed by atoms with E-state index in [1.165, 1.54) is 0 Å². The van der Waals surface area contributed by atoms with Gasteiger partial charge in [0.15, 0.2) is 0 Å². The summed E-state index contributed by atoms with van der Waals surface area (Å²) in [6.07, 6.45) is 0. The average Bonchev–Trinajstić information content (AvgIpc) is 0.918. The summed E-state index contributed by atoms with van der Waals surface area (Å²) in [6.45, 7) is 0. The molecular formula is H2BeO2Ti. The maximum absolute atomic E-state index is 8.50. The van der Waals surface area contributed by atoms with Crippen molar-refractivity contribution in [2.24, 2.45) is 0 Å². The van der Waals surface area contributed by atoms with Gasteiger partial charge in [0.25, 0.3) is 0 Å². The Morgan fingerprint density at radius 1 is 1.25 bits per heavy atom. The van der Waals surface area contributed by atoms with Crippen LogP contribution in [0.3, 0.4) is 0 Å². The van der Waals surface area contributed by atoms with Crippen LogP contribution in [0.2, 0.25) is 0 Å². The SMILES string of the molecule is [BeH2].[O]=[Ti]=[O]. The Hall–Kier alpha value is 0.483. The molecule has 0 amide bonds. The van der Waals surface area contributed by atoms with Crippen molar-refractivity contribution in [1.29, 1.82) is 0 Å². The Labute approximate surface area is 36.4 Å². The molecule has 0 N–H and O–H groups in total. The molecule has 20 valence electrons. The van der Waals surface area contributed by atoms with Gasteiger partial charge in [-0.05, 0) is 0 Å². The first-order valence-corrected chi connectivity index (χ1v) is 1.68. The summed E-state index contributed by atoms with van der Waals surface area (Å²) in [5.74, 6) is 0. The van der Waals surface area contributed by atoms with Crippen molar-refractivity contribution in [3.8, 4) is 0 Å². The summed E-state index contributed by atoms with van der Waals surface area (Å²) in [5.41, 5.74) is 0.